The first-order valence-electron chi connectivity index (χ1n) is 6.62. The molecule has 2 aromatic carbocycles. The topological polar surface area (TPSA) is 78.5 Å². The number of benzene rings is 2. The van der Waals surface area contributed by atoms with E-state index in [0.717, 1.165) is 0 Å². The third-order valence-electron chi connectivity index (χ3n) is 2.93. The number of hydrogen-bond donors (Lipinski definition) is 1. The minimum atomic E-state index is -1.45. The summed E-state index contributed by atoms with van der Waals surface area (Å²) in [4.78, 5) is 22.0. The van der Waals surface area contributed by atoms with Gasteiger partial charge in [0.15, 0.2) is 0 Å². The van der Waals surface area contributed by atoms with Crippen molar-refractivity contribution in [1.29, 1.82) is 0 Å². The van der Waals surface area contributed by atoms with Crippen molar-refractivity contribution in [2.24, 2.45) is 0 Å². The van der Waals surface area contributed by atoms with Crippen LogP contribution in [0.4, 0.5) is 11.4 Å². The summed E-state index contributed by atoms with van der Waals surface area (Å²) in [5, 5.41) is 14.3. The maximum absolute atomic E-state index is 11.7. The number of ether oxygens (including phenoxy) is 1. The van der Waals surface area contributed by atoms with Crippen molar-refractivity contribution in [3.63, 3.8) is 0 Å². The molecule has 8 heteroatoms. The standard InChI is InChI=1S/C16H13Cl2NO4.K/c17-11-5-3-6-12(18)16(11)19-13-7-2-1-4-10(13)8-15(22)23-9-14(20)21;/h1-7,19H,8-9H2,(H,20,21);/q;+1/p-1. The number of hydrogen-bond acceptors (Lipinski definition) is 5. The molecular weight excluding hydrogens is 380 g/mol. The van der Waals surface area contributed by atoms with Crippen LogP contribution in [-0.4, -0.2) is 18.5 Å². The van der Waals surface area contributed by atoms with E-state index in [0.29, 0.717) is 27.0 Å². The molecule has 0 aliphatic carbocycles. The van der Waals surface area contributed by atoms with Crippen LogP contribution in [0.1, 0.15) is 5.56 Å². The van der Waals surface area contributed by atoms with Gasteiger partial charge in [-0.05, 0) is 23.8 Å². The van der Waals surface area contributed by atoms with E-state index in [1.807, 2.05) is 0 Å². The molecule has 5 nitrogen and oxygen atoms in total. The average molecular weight is 392 g/mol. The number of carboxylic acid groups (broad SMARTS) is 1. The fourth-order valence-corrected chi connectivity index (χ4v) is 2.39. The van der Waals surface area contributed by atoms with Crippen molar-refractivity contribution in [3.05, 3.63) is 58.1 Å². The Morgan fingerprint density at radius 1 is 1.04 bits per heavy atom. The Balaban J connectivity index is 0.00000288. The molecular formula is C16H12Cl2KNO4. The Labute approximate surface area is 191 Å². The molecule has 0 aliphatic heterocycles. The van der Waals surface area contributed by atoms with Crippen molar-refractivity contribution in [2.45, 2.75) is 6.42 Å². The van der Waals surface area contributed by atoms with E-state index in [4.69, 9.17) is 23.2 Å². The first-order chi connectivity index (χ1) is 11.0. The summed E-state index contributed by atoms with van der Waals surface area (Å²) < 4.78 is 4.58. The molecule has 0 heterocycles. The van der Waals surface area contributed by atoms with E-state index in [9.17, 15) is 14.7 Å². The summed E-state index contributed by atoms with van der Waals surface area (Å²) in [5.74, 6) is -2.12. The predicted octanol–water partition coefficient (Wildman–Crippen LogP) is -0.423. The molecule has 0 fully saturated rings. The largest absolute Gasteiger partial charge is 1.00 e. The van der Waals surface area contributed by atoms with Crippen LogP contribution in [0.25, 0.3) is 0 Å². The minimum absolute atomic E-state index is 0. The van der Waals surface area contributed by atoms with Crippen molar-refractivity contribution in [2.75, 3.05) is 11.9 Å². The molecule has 120 valence electrons. The number of halogens is 2. The zero-order valence-electron chi connectivity index (χ0n) is 12.8. The molecule has 0 atom stereocenters. The third kappa shape index (κ3) is 6.36. The van der Waals surface area contributed by atoms with Crippen molar-refractivity contribution >= 4 is 46.5 Å². The monoisotopic (exact) mass is 391 g/mol. The van der Waals surface area contributed by atoms with E-state index in [1.54, 1.807) is 42.5 Å². The second-order valence-electron chi connectivity index (χ2n) is 4.59. The van der Waals surface area contributed by atoms with Gasteiger partial charge in [-0.2, -0.15) is 0 Å². The number of para-hydroxylation sites is 2. The van der Waals surface area contributed by atoms with Crippen molar-refractivity contribution in [3.8, 4) is 0 Å². The zero-order valence-corrected chi connectivity index (χ0v) is 17.5. The summed E-state index contributed by atoms with van der Waals surface area (Å²) in [5.41, 5.74) is 1.76. The fourth-order valence-electron chi connectivity index (χ4n) is 1.89. The molecule has 0 radical (unpaired) electrons. The van der Waals surface area contributed by atoms with Crippen LogP contribution in [0, 0.1) is 0 Å². The summed E-state index contributed by atoms with van der Waals surface area (Å²) >= 11 is 12.2. The number of carbonyl (C=O) groups excluding carboxylic acids is 2. The second-order valence-corrected chi connectivity index (χ2v) is 5.40. The van der Waals surface area contributed by atoms with Crippen LogP contribution in [0.5, 0.6) is 0 Å². The Morgan fingerprint density at radius 3 is 2.29 bits per heavy atom. The van der Waals surface area contributed by atoms with E-state index < -0.39 is 18.5 Å². The number of carboxylic acids is 1. The molecule has 1 N–H and O–H groups in total. The molecule has 0 aliphatic rings. The Hall–Kier alpha value is -0.604. The molecule has 0 aromatic heterocycles. The van der Waals surface area contributed by atoms with Gasteiger partial charge in [0.05, 0.1) is 28.1 Å². The average Bonchev–Trinajstić information content (AvgIpc) is 2.50. The van der Waals surface area contributed by atoms with Gasteiger partial charge >= 0.3 is 57.4 Å². The van der Waals surface area contributed by atoms with Gasteiger partial charge in [0.25, 0.3) is 0 Å². The van der Waals surface area contributed by atoms with Crippen LogP contribution >= 0.6 is 23.2 Å². The molecule has 0 unspecified atom stereocenters. The Bertz CT molecular complexity index is 720. The molecule has 2 rings (SSSR count). The van der Waals surface area contributed by atoms with Gasteiger partial charge in [0.2, 0.25) is 0 Å². The normalized spacial score (nSPS) is 9.75. The third-order valence-corrected chi connectivity index (χ3v) is 3.56. The first kappa shape index (κ1) is 21.4. The van der Waals surface area contributed by atoms with E-state index in [2.05, 4.69) is 10.1 Å². The fraction of sp³-hybridized carbons (Fsp3) is 0.125. The van der Waals surface area contributed by atoms with Gasteiger partial charge in [-0.3, -0.25) is 4.79 Å². The van der Waals surface area contributed by atoms with Crippen molar-refractivity contribution in [1.82, 2.24) is 0 Å². The zero-order chi connectivity index (χ0) is 16.8. The van der Waals surface area contributed by atoms with E-state index in [-0.39, 0.29) is 57.8 Å². The first-order valence-corrected chi connectivity index (χ1v) is 7.37. The van der Waals surface area contributed by atoms with E-state index in [1.165, 1.54) is 0 Å². The number of aliphatic carboxylic acids is 1. The van der Waals surface area contributed by atoms with E-state index >= 15 is 0 Å². The number of esters is 1. The number of rotatable bonds is 6. The Morgan fingerprint density at radius 2 is 1.67 bits per heavy atom. The minimum Gasteiger partial charge on any atom is -0.546 e. The summed E-state index contributed by atoms with van der Waals surface area (Å²) in [7, 11) is 0. The SMILES string of the molecule is O=C([O-])COC(=O)Cc1ccccc1Nc1c(Cl)cccc1Cl.[K+]. The quantitative estimate of drug-likeness (QED) is 0.534. The van der Waals surface area contributed by atoms with Crippen LogP contribution in [0.3, 0.4) is 0 Å². The van der Waals surface area contributed by atoms with Gasteiger partial charge < -0.3 is 20.0 Å². The number of carbonyl (C=O) groups is 2. The Kier molecular flexibility index (Phi) is 9.29. The maximum atomic E-state index is 11.7. The molecule has 0 amide bonds. The van der Waals surface area contributed by atoms with Gasteiger partial charge in [0, 0.05) is 5.69 Å². The van der Waals surface area contributed by atoms with Crippen molar-refractivity contribution < 1.29 is 70.8 Å². The smallest absolute Gasteiger partial charge is 0.546 e. The second kappa shape index (κ2) is 10.4. The van der Waals surface area contributed by atoms with Gasteiger partial charge in [0.1, 0.15) is 6.61 Å². The maximum Gasteiger partial charge on any atom is 1.00 e. The molecule has 24 heavy (non-hydrogen) atoms. The predicted molar refractivity (Wildman–Crippen MR) is 85.9 cm³/mol. The van der Waals surface area contributed by atoms with Gasteiger partial charge in [-0.1, -0.05) is 47.5 Å². The molecule has 2 aromatic rings. The number of nitrogens with one attached hydrogen (secondary N) is 1. The molecule has 0 bridgehead atoms. The molecule has 0 saturated heterocycles. The van der Waals surface area contributed by atoms with Crippen LogP contribution in [-0.2, 0) is 20.7 Å². The summed E-state index contributed by atoms with van der Waals surface area (Å²) in [6.07, 6.45) is -0.0987. The van der Waals surface area contributed by atoms with Gasteiger partial charge in [-0.25, -0.2) is 0 Å². The summed E-state index contributed by atoms with van der Waals surface area (Å²) in [6, 6.07) is 12.1. The van der Waals surface area contributed by atoms with Crippen LogP contribution < -0.4 is 61.8 Å². The molecule has 0 spiro atoms. The summed E-state index contributed by atoms with van der Waals surface area (Å²) in [6.45, 7) is -0.773. The van der Waals surface area contributed by atoms with Gasteiger partial charge in [-0.15, -0.1) is 0 Å². The molecule has 0 saturated carbocycles. The van der Waals surface area contributed by atoms with Crippen LogP contribution in [0.2, 0.25) is 10.0 Å². The van der Waals surface area contributed by atoms with Crippen LogP contribution in [0.15, 0.2) is 42.5 Å². The number of anilines is 2.